The van der Waals surface area contributed by atoms with Crippen LogP contribution in [0.15, 0.2) is 24.3 Å². The highest BCUT2D eigenvalue weighted by Gasteiger charge is 2.23. The van der Waals surface area contributed by atoms with E-state index in [2.05, 4.69) is 5.32 Å². The van der Waals surface area contributed by atoms with Gasteiger partial charge in [0.15, 0.2) is 0 Å². The SMILES string of the molecule is NCC(=O)Nc1cccc(N2CCOC2=O)c1. The first-order chi connectivity index (χ1) is 8.20. The summed E-state index contributed by atoms with van der Waals surface area (Å²) in [4.78, 5) is 24.0. The number of benzene rings is 1. The molecule has 1 aliphatic heterocycles. The van der Waals surface area contributed by atoms with Gasteiger partial charge in [-0.1, -0.05) is 6.07 Å². The van der Waals surface area contributed by atoms with E-state index >= 15 is 0 Å². The monoisotopic (exact) mass is 235 g/mol. The van der Waals surface area contributed by atoms with Gasteiger partial charge in [0.2, 0.25) is 5.91 Å². The number of nitrogens with one attached hydrogen (secondary N) is 1. The van der Waals surface area contributed by atoms with E-state index in [9.17, 15) is 9.59 Å². The van der Waals surface area contributed by atoms with Crippen LogP contribution < -0.4 is 16.0 Å². The second-order valence-electron chi connectivity index (χ2n) is 3.57. The quantitative estimate of drug-likeness (QED) is 0.800. The second-order valence-corrected chi connectivity index (χ2v) is 3.57. The molecule has 1 aromatic rings. The second kappa shape index (κ2) is 4.84. The Hall–Kier alpha value is -2.08. The predicted molar refractivity (Wildman–Crippen MR) is 62.8 cm³/mol. The fourth-order valence-electron chi connectivity index (χ4n) is 1.59. The first kappa shape index (κ1) is 11.4. The molecule has 6 heteroatoms. The molecule has 0 spiro atoms. The number of anilines is 2. The fraction of sp³-hybridized carbons (Fsp3) is 0.273. The van der Waals surface area contributed by atoms with E-state index in [0.29, 0.717) is 24.5 Å². The third-order valence-corrected chi connectivity index (χ3v) is 2.39. The Labute approximate surface area is 98.3 Å². The van der Waals surface area contributed by atoms with Crippen LogP contribution in [0.3, 0.4) is 0 Å². The summed E-state index contributed by atoms with van der Waals surface area (Å²) in [6.07, 6.45) is -0.368. The molecule has 1 fully saturated rings. The van der Waals surface area contributed by atoms with Gasteiger partial charge in [-0.25, -0.2) is 4.79 Å². The van der Waals surface area contributed by atoms with Crippen molar-refractivity contribution in [3.8, 4) is 0 Å². The smallest absolute Gasteiger partial charge is 0.414 e. The van der Waals surface area contributed by atoms with Crippen molar-refractivity contribution in [2.24, 2.45) is 5.73 Å². The maximum atomic E-state index is 11.4. The number of ether oxygens (including phenoxy) is 1. The molecule has 2 amide bonds. The van der Waals surface area contributed by atoms with Gasteiger partial charge in [-0.3, -0.25) is 9.69 Å². The summed E-state index contributed by atoms with van der Waals surface area (Å²) in [7, 11) is 0. The molecule has 0 saturated carbocycles. The normalized spacial score (nSPS) is 14.6. The molecule has 1 aromatic carbocycles. The lowest BCUT2D eigenvalue weighted by Gasteiger charge is -2.13. The molecular weight excluding hydrogens is 222 g/mol. The van der Waals surface area contributed by atoms with Crippen molar-refractivity contribution in [2.45, 2.75) is 0 Å². The molecule has 6 nitrogen and oxygen atoms in total. The molecule has 0 unspecified atom stereocenters. The fourth-order valence-corrected chi connectivity index (χ4v) is 1.59. The van der Waals surface area contributed by atoms with Gasteiger partial charge in [0, 0.05) is 11.4 Å². The standard InChI is InChI=1S/C11H13N3O3/c12-7-10(15)13-8-2-1-3-9(6-8)14-4-5-17-11(14)16/h1-3,6H,4-5,7,12H2,(H,13,15). The highest BCUT2D eigenvalue weighted by molar-refractivity contribution is 5.94. The van der Waals surface area contributed by atoms with E-state index in [1.807, 2.05) is 0 Å². The lowest BCUT2D eigenvalue weighted by Crippen LogP contribution is -2.24. The molecule has 90 valence electrons. The number of rotatable bonds is 3. The first-order valence-corrected chi connectivity index (χ1v) is 5.25. The molecule has 1 heterocycles. The summed E-state index contributed by atoms with van der Waals surface area (Å²) in [6.45, 7) is 0.835. The molecule has 0 aromatic heterocycles. The number of cyclic esters (lactones) is 1. The minimum atomic E-state index is -0.368. The summed E-state index contributed by atoms with van der Waals surface area (Å²) < 4.78 is 4.84. The molecular formula is C11H13N3O3. The summed E-state index contributed by atoms with van der Waals surface area (Å²) in [5, 5.41) is 2.63. The van der Waals surface area contributed by atoms with Crippen molar-refractivity contribution >= 4 is 23.4 Å². The van der Waals surface area contributed by atoms with Gasteiger partial charge in [0.05, 0.1) is 13.1 Å². The zero-order valence-electron chi connectivity index (χ0n) is 9.18. The predicted octanol–water partition coefficient (Wildman–Crippen LogP) is 0.540. The van der Waals surface area contributed by atoms with Gasteiger partial charge >= 0.3 is 6.09 Å². The minimum Gasteiger partial charge on any atom is -0.447 e. The van der Waals surface area contributed by atoms with Crippen LogP contribution in [-0.2, 0) is 9.53 Å². The van der Waals surface area contributed by atoms with Gasteiger partial charge in [-0.15, -0.1) is 0 Å². The summed E-state index contributed by atoms with van der Waals surface area (Å²) >= 11 is 0. The minimum absolute atomic E-state index is 0.0734. The van der Waals surface area contributed by atoms with Crippen molar-refractivity contribution in [1.82, 2.24) is 0 Å². The summed E-state index contributed by atoms with van der Waals surface area (Å²) in [6, 6.07) is 6.98. The third kappa shape index (κ3) is 2.54. The van der Waals surface area contributed by atoms with Crippen LogP contribution in [0.4, 0.5) is 16.2 Å². The van der Waals surface area contributed by atoms with E-state index in [4.69, 9.17) is 10.5 Å². The van der Waals surface area contributed by atoms with E-state index in [0.717, 1.165) is 0 Å². The Morgan fingerprint density at radius 1 is 1.53 bits per heavy atom. The van der Waals surface area contributed by atoms with Crippen molar-refractivity contribution in [3.05, 3.63) is 24.3 Å². The lowest BCUT2D eigenvalue weighted by atomic mass is 10.2. The van der Waals surface area contributed by atoms with E-state index in [1.54, 1.807) is 24.3 Å². The van der Waals surface area contributed by atoms with Gasteiger partial charge in [-0.05, 0) is 18.2 Å². The first-order valence-electron chi connectivity index (χ1n) is 5.25. The number of hydrogen-bond donors (Lipinski definition) is 2. The molecule has 3 N–H and O–H groups in total. The number of nitrogens with two attached hydrogens (primary N) is 1. The topological polar surface area (TPSA) is 84.7 Å². The Morgan fingerprint density at radius 3 is 3.00 bits per heavy atom. The Morgan fingerprint density at radius 2 is 2.35 bits per heavy atom. The van der Waals surface area contributed by atoms with Crippen molar-refractivity contribution in [1.29, 1.82) is 0 Å². The van der Waals surface area contributed by atoms with Gasteiger partial charge in [0.25, 0.3) is 0 Å². The average Bonchev–Trinajstić information content (AvgIpc) is 2.75. The van der Waals surface area contributed by atoms with Crippen LogP contribution >= 0.6 is 0 Å². The van der Waals surface area contributed by atoms with Crippen LogP contribution in [0, 0.1) is 0 Å². The van der Waals surface area contributed by atoms with Gasteiger partial charge < -0.3 is 15.8 Å². The summed E-state index contributed by atoms with van der Waals surface area (Å²) in [5.74, 6) is -0.272. The highest BCUT2D eigenvalue weighted by atomic mass is 16.6. The van der Waals surface area contributed by atoms with Crippen molar-refractivity contribution in [3.63, 3.8) is 0 Å². The average molecular weight is 235 g/mol. The maximum Gasteiger partial charge on any atom is 0.414 e. The molecule has 1 aliphatic rings. The largest absolute Gasteiger partial charge is 0.447 e. The van der Waals surface area contributed by atoms with Crippen molar-refractivity contribution in [2.75, 3.05) is 29.9 Å². The number of carbonyl (C=O) groups excluding carboxylic acids is 2. The van der Waals surface area contributed by atoms with E-state index < -0.39 is 0 Å². The maximum absolute atomic E-state index is 11.4. The van der Waals surface area contributed by atoms with Crippen LogP contribution in [0.2, 0.25) is 0 Å². The zero-order valence-corrected chi connectivity index (χ0v) is 9.18. The molecule has 0 bridgehead atoms. The third-order valence-electron chi connectivity index (χ3n) is 2.39. The molecule has 0 atom stereocenters. The molecule has 1 saturated heterocycles. The number of carbonyl (C=O) groups is 2. The van der Waals surface area contributed by atoms with Gasteiger partial charge in [-0.2, -0.15) is 0 Å². The van der Waals surface area contributed by atoms with Crippen LogP contribution in [0.25, 0.3) is 0 Å². The van der Waals surface area contributed by atoms with E-state index in [-0.39, 0.29) is 18.5 Å². The molecule has 2 rings (SSSR count). The molecule has 17 heavy (non-hydrogen) atoms. The number of amides is 2. The molecule has 0 radical (unpaired) electrons. The van der Waals surface area contributed by atoms with E-state index in [1.165, 1.54) is 4.90 Å². The lowest BCUT2D eigenvalue weighted by molar-refractivity contribution is -0.114. The highest BCUT2D eigenvalue weighted by Crippen LogP contribution is 2.22. The number of nitrogens with zero attached hydrogens (tertiary/aromatic N) is 1. The Balaban J connectivity index is 2.16. The van der Waals surface area contributed by atoms with Gasteiger partial charge in [0.1, 0.15) is 6.61 Å². The molecule has 0 aliphatic carbocycles. The number of hydrogen-bond acceptors (Lipinski definition) is 4. The Kier molecular flexibility index (Phi) is 3.24. The van der Waals surface area contributed by atoms with Crippen LogP contribution in [-0.4, -0.2) is 31.7 Å². The van der Waals surface area contributed by atoms with Crippen molar-refractivity contribution < 1.29 is 14.3 Å². The van der Waals surface area contributed by atoms with Crippen LogP contribution in [0.1, 0.15) is 0 Å². The van der Waals surface area contributed by atoms with Crippen LogP contribution in [0.5, 0.6) is 0 Å². The zero-order chi connectivity index (χ0) is 12.3. The Bertz CT molecular complexity index is 447. The summed E-state index contributed by atoms with van der Waals surface area (Å²) in [5.41, 5.74) is 6.51.